The predicted molar refractivity (Wildman–Crippen MR) is 108 cm³/mol. The van der Waals surface area contributed by atoms with Crippen molar-refractivity contribution in [2.45, 2.75) is 38.8 Å². The Hall–Kier alpha value is -1.60. The van der Waals surface area contributed by atoms with E-state index in [0.717, 1.165) is 6.54 Å². The van der Waals surface area contributed by atoms with Gasteiger partial charge in [-0.2, -0.15) is 0 Å². The molecule has 7 heteroatoms. The molecule has 1 aliphatic rings. The monoisotopic (exact) mass is 380 g/mol. The van der Waals surface area contributed by atoms with Crippen LogP contribution >= 0.6 is 0 Å². The highest BCUT2D eigenvalue weighted by Gasteiger charge is 2.10. The molecule has 26 heavy (non-hydrogen) atoms. The Morgan fingerprint density at radius 3 is 2.35 bits per heavy atom. The van der Waals surface area contributed by atoms with E-state index in [0.29, 0.717) is 25.5 Å². The quantitative estimate of drug-likeness (QED) is 0.408. The number of hydrogen-bond acceptors (Lipinski definition) is 4. The van der Waals surface area contributed by atoms with Crippen LogP contribution in [0.1, 0.15) is 36.8 Å². The largest absolute Gasteiger partial charge is 0.356 e. The van der Waals surface area contributed by atoms with Gasteiger partial charge in [0.2, 0.25) is 0 Å². The maximum absolute atomic E-state index is 11.1. The van der Waals surface area contributed by atoms with Gasteiger partial charge < -0.3 is 10.6 Å². The Labute approximate surface area is 158 Å². The summed E-state index contributed by atoms with van der Waals surface area (Å²) in [4.78, 5) is 6.70. The molecule has 2 rings (SSSR count). The van der Waals surface area contributed by atoms with Gasteiger partial charge in [0.15, 0.2) is 5.96 Å². The molecule has 1 saturated heterocycles. The molecule has 6 nitrogen and oxygen atoms in total. The highest BCUT2D eigenvalue weighted by molar-refractivity contribution is 7.90. The van der Waals surface area contributed by atoms with Gasteiger partial charge in [0.05, 0.1) is 5.75 Å². The van der Waals surface area contributed by atoms with Crippen LogP contribution in [0.25, 0.3) is 0 Å². The first-order valence-corrected chi connectivity index (χ1v) is 11.4. The summed E-state index contributed by atoms with van der Waals surface area (Å²) in [6, 6.07) is 8.72. The van der Waals surface area contributed by atoms with Crippen LogP contribution in [0.2, 0.25) is 0 Å². The number of piperidine rings is 1. The summed E-state index contributed by atoms with van der Waals surface area (Å²) in [7, 11) is -1.19. The first kappa shape index (κ1) is 20.7. The number of guanidine groups is 1. The summed E-state index contributed by atoms with van der Waals surface area (Å²) < 4.78 is 22.3. The Balaban J connectivity index is 1.71. The Morgan fingerprint density at radius 2 is 1.73 bits per heavy atom. The van der Waals surface area contributed by atoms with Crippen LogP contribution in [0.5, 0.6) is 0 Å². The third-order valence-electron chi connectivity index (χ3n) is 4.55. The Kier molecular flexibility index (Phi) is 8.38. The summed E-state index contributed by atoms with van der Waals surface area (Å²) in [5.74, 6) is 0.881. The van der Waals surface area contributed by atoms with Crippen LogP contribution in [0, 0.1) is 0 Å². The molecule has 0 spiro atoms. The first-order valence-electron chi connectivity index (χ1n) is 9.39. The third kappa shape index (κ3) is 8.19. The van der Waals surface area contributed by atoms with Gasteiger partial charge in [-0.05, 0) is 43.5 Å². The van der Waals surface area contributed by atoms with Crippen molar-refractivity contribution in [3.05, 3.63) is 35.4 Å². The minimum absolute atomic E-state index is 0.190. The van der Waals surface area contributed by atoms with E-state index in [1.807, 2.05) is 0 Å². The summed E-state index contributed by atoms with van der Waals surface area (Å²) in [6.07, 6.45) is 5.83. The van der Waals surface area contributed by atoms with Crippen LogP contribution < -0.4 is 10.6 Å². The van der Waals surface area contributed by atoms with Crippen LogP contribution in [-0.2, 0) is 22.9 Å². The van der Waals surface area contributed by atoms with Gasteiger partial charge in [0, 0.05) is 32.9 Å². The second-order valence-electron chi connectivity index (χ2n) is 6.99. The number of sulfone groups is 1. The molecule has 0 atom stereocenters. The lowest BCUT2D eigenvalue weighted by Crippen LogP contribution is -2.37. The smallest absolute Gasteiger partial charge is 0.191 e. The van der Waals surface area contributed by atoms with Gasteiger partial charge in [0.25, 0.3) is 0 Å². The number of benzene rings is 1. The van der Waals surface area contributed by atoms with Crippen molar-refractivity contribution in [1.82, 2.24) is 15.5 Å². The van der Waals surface area contributed by atoms with Gasteiger partial charge in [-0.25, -0.2) is 8.42 Å². The Bertz CT molecular complexity index is 665. The second-order valence-corrected chi connectivity index (χ2v) is 9.25. The minimum atomic E-state index is -2.90. The average Bonchev–Trinajstić information content (AvgIpc) is 2.62. The number of hydrogen-bond donors (Lipinski definition) is 2. The van der Waals surface area contributed by atoms with Gasteiger partial charge in [-0.1, -0.05) is 30.7 Å². The normalized spacial score (nSPS) is 16.5. The van der Waals surface area contributed by atoms with E-state index in [1.54, 1.807) is 7.05 Å². The molecule has 0 saturated carbocycles. The van der Waals surface area contributed by atoms with Crippen molar-refractivity contribution < 1.29 is 8.42 Å². The maximum atomic E-state index is 11.1. The van der Waals surface area contributed by atoms with Gasteiger partial charge >= 0.3 is 0 Å². The fraction of sp³-hybridized carbons (Fsp3) is 0.632. The lowest BCUT2D eigenvalue weighted by Gasteiger charge is -2.26. The number of nitrogens with one attached hydrogen (secondary N) is 2. The number of nitrogens with zero attached hydrogens (tertiary/aromatic N) is 2. The van der Waals surface area contributed by atoms with Crippen molar-refractivity contribution in [3.8, 4) is 0 Å². The predicted octanol–water partition coefficient (Wildman–Crippen LogP) is 1.77. The molecule has 0 radical (unpaired) electrons. The summed E-state index contributed by atoms with van der Waals surface area (Å²) >= 11 is 0. The number of likely N-dealkylation sites (tertiary alicyclic amines) is 1. The van der Waals surface area contributed by atoms with Crippen LogP contribution in [-0.4, -0.2) is 58.0 Å². The highest BCUT2D eigenvalue weighted by Crippen LogP contribution is 2.13. The molecule has 0 aliphatic carbocycles. The second kappa shape index (κ2) is 10.5. The molecular formula is C19H32N4O2S. The zero-order chi connectivity index (χ0) is 18.8. The van der Waals surface area contributed by atoms with Crippen LogP contribution in [0.4, 0.5) is 0 Å². The fourth-order valence-corrected chi connectivity index (χ4v) is 3.75. The molecule has 0 amide bonds. The van der Waals surface area contributed by atoms with Crippen molar-refractivity contribution in [2.24, 2.45) is 4.99 Å². The molecule has 0 aromatic heterocycles. The van der Waals surface area contributed by atoms with Crippen molar-refractivity contribution in [3.63, 3.8) is 0 Å². The van der Waals surface area contributed by atoms with E-state index < -0.39 is 9.84 Å². The molecule has 1 aliphatic heterocycles. The summed E-state index contributed by atoms with van der Waals surface area (Å²) in [6.45, 7) is 4.74. The molecule has 1 aromatic carbocycles. The molecule has 0 unspecified atom stereocenters. The van der Waals surface area contributed by atoms with Crippen molar-refractivity contribution >= 4 is 15.8 Å². The molecule has 0 bridgehead atoms. The standard InChI is InChI=1S/C19H32N4O2S/c1-20-19(21-11-6-14-26(2,24)25)22-15-17-7-9-18(10-8-17)16-23-12-4-3-5-13-23/h7-10H,3-6,11-16H2,1-2H3,(H2,20,21,22). The van der Waals surface area contributed by atoms with Gasteiger partial charge in [-0.3, -0.25) is 9.89 Å². The zero-order valence-electron chi connectivity index (χ0n) is 16.0. The molecule has 1 heterocycles. The highest BCUT2D eigenvalue weighted by atomic mass is 32.2. The van der Waals surface area contributed by atoms with E-state index >= 15 is 0 Å². The van der Waals surface area contributed by atoms with Gasteiger partial charge in [0.1, 0.15) is 9.84 Å². The topological polar surface area (TPSA) is 73.8 Å². The van der Waals surface area contributed by atoms with Gasteiger partial charge in [-0.15, -0.1) is 0 Å². The maximum Gasteiger partial charge on any atom is 0.191 e. The van der Waals surface area contributed by atoms with E-state index in [2.05, 4.69) is 44.8 Å². The van der Waals surface area contributed by atoms with Crippen LogP contribution in [0.15, 0.2) is 29.3 Å². The number of aliphatic imine (C=N–C) groups is 1. The zero-order valence-corrected chi connectivity index (χ0v) is 16.8. The minimum Gasteiger partial charge on any atom is -0.356 e. The fourth-order valence-electron chi connectivity index (χ4n) is 3.09. The molecule has 2 N–H and O–H groups in total. The SMILES string of the molecule is CN=C(NCCCS(C)(=O)=O)NCc1ccc(CN2CCCCC2)cc1. The van der Waals surface area contributed by atoms with E-state index in [-0.39, 0.29) is 5.75 Å². The van der Waals surface area contributed by atoms with Crippen LogP contribution in [0.3, 0.4) is 0 Å². The summed E-state index contributed by atoms with van der Waals surface area (Å²) in [5.41, 5.74) is 2.56. The van der Waals surface area contributed by atoms with Crippen molar-refractivity contribution in [1.29, 1.82) is 0 Å². The third-order valence-corrected chi connectivity index (χ3v) is 5.58. The first-order chi connectivity index (χ1) is 12.5. The molecule has 1 aromatic rings. The summed E-state index contributed by atoms with van der Waals surface area (Å²) in [5, 5.41) is 6.41. The van der Waals surface area contributed by atoms with E-state index in [9.17, 15) is 8.42 Å². The lowest BCUT2D eigenvalue weighted by molar-refractivity contribution is 0.221. The van der Waals surface area contributed by atoms with Crippen molar-refractivity contribution in [2.75, 3.05) is 38.7 Å². The lowest BCUT2D eigenvalue weighted by atomic mass is 10.1. The van der Waals surface area contributed by atoms with E-state index in [4.69, 9.17) is 0 Å². The molecule has 146 valence electrons. The number of rotatable bonds is 8. The Morgan fingerprint density at radius 1 is 1.08 bits per heavy atom. The average molecular weight is 381 g/mol. The molecule has 1 fully saturated rings. The molecular weight excluding hydrogens is 348 g/mol. The van der Waals surface area contributed by atoms with E-state index in [1.165, 1.54) is 49.7 Å².